The third-order valence-corrected chi connectivity index (χ3v) is 2.75. The molecule has 0 N–H and O–H groups in total. The molecule has 0 bridgehead atoms. The molecular formula is C16H15N3. The smallest absolute Gasteiger partial charge is 0.187 e. The Kier molecular flexibility index (Phi) is 3.94. The first-order chi connectivity index (χ1) is 9.19. The van der Waals surface area contributed by atoms with Crippen LogP contribution in [0.4, 0.5) is 17.1 Å². The predicted octanol–water partition coefficient (Wildman–Crippen LogP) is 4.05. The van der Waals surface area contributed by atoms with E-state index in [1.165, 1.54) is 0 Å². The van der Waals surface area contributed by atoms with Crippen molar-refractivity contribution >= 4 is 23.3 Å². The lowest BCUT2D eigenvalue weighted by Gasteiger charge is -2.11. The van der Waals surface area contributed by atoms with Gasteiger partial charge in [0.25, 0.3) is 0 Å². The molecule has 0 saturated heterocycles. The van der Waals surface area contributed by atoms with Crippen LogP contribution in [0.3, 0.4) is 0 Å². The molecule has 0 aliphatic heterocycles. The number of hydrogen-bond donors (Lipinski definition) is 0. The van der Waals surface area contributed by atoms with E-state index in [0.717, 1.165) is 16.9 Å². The van der Waals surface area contributed by atoms with Gasteiger partial charge >= 0.3 is 0 Å². The Morgan fingerprint density at radius 2 is 1.63 bits per heavy atom. The zero-order valence-corrected chi connectivity index (χ0v) is 11.0. The van der Waals surface area contributed by atoms with Crippen molar-refractivity contribution in [3.8, 4) is 0 Å². The fourth-order valence-electron chi connectivity index (χ4n) is 1.62. The second-order valence-electron chi connectivity index (χ2n) is 4.37. The molecule has 3 nitrogen and oxygen atoms in total. The van der Waals surface area contributed by atoms with Crippen LogP contribution in [0.5, 0.6) is 0 Å². The molecule has 0 aliphatic rings. The SMILES string of the molecule is [C-]#[N+]c1ccc(C=Nc2ccc(N(C)C)cc2)cc1. The Morgan fingerprint density at radius 3 is 2.16 bits per heavy atom. The van der Waals surface area contributed by atoms with Crippen LogP contribution in [0.1, 0.15) is 5.56 Å². The highest BCUT2D eigenvalue weighted by Gasteiger charge is 1.94. The molecule has 0 atom stereocenters. The fraction of sp³-hybridized carbons (Fsp3) is 0.125. The molecule has 2 rings (SSSR count). The van der Waals surface area contributed by atoms with Crippen LogP contribution in [0, 0.1) is 6.57 Å². The summed E-state index contributed by atoms with van der Waals surface area (Å²) in [7, 11) is 4.02. The zero-order chi connectivity index (χ0) is 13.7. The molecule has 0 spiro atoms. The molecule has 2 aromatic rings. The van der Waals surface area contributed by atoms with E-state index >= 15 is 0 Å². The summed E-state index contributed by atoms with van der Waals surface area (Å²) < 4.78 is 0. The van der Waals surface area contributed by atoms with Gasteiger partial charge in [-0.3, -0.25) is 4.99 Å². The van der Waals surface area contributed by atoms with Crippen LogP contribution in [-0.4, -0.2) is 20.3 Å². The topological polar surface area (TPSA) is 20.0 Å². The molecule has 2 aromatic carbocycles. The summed E-state index contributed by atoms with van der Waals surface area (Å²) in [6.07, 6.45) is 1.80. The maximum atomic E-state index is 6.89. The summed E-state index contributed by atoms with van der Waals surface area (Å²) in [6, 6.07) is 15.4. The quantitative estimate of drug-likeness (QED) is 0.593. The lowest BCUT2D eigenvalue weighted by molar-refractivity contribution is 1.13. The van der Waals surface area contributed by atoms with Gasteiger partial charge in [0.05, 0.1) is 12.3 Å². The van der Waals surface area contributed by atoms with Crippen molar-refractivity contribution in [2.75, 3.05) is 19.0 Å². The maximum Gasteiger partial charge on any atom is 0.187 e. The van der Waals surface area contributed by atoms with E-state index in [4.69, 9.17) is 6.57 Å². The molecule has 0 unspecified atom stereocenters. The number of aliphatic imine (C=N–C) groups is 1. The summed E-state index contributed by atoms with van der Waals surface area (Å²) in [5.41, 5.74) is 3.71. The van der Waals surface area contributed by atoms with Crippen LogP contribution < -0.4 is 4.90 Å². The van der Waals surface area contributed by atoms with Crippen molar-refractivity contribution < 1.29 is 0 Å². The first kappa shape index (κ1) is 12.8. The minimum absolute atomic E-state index is 0.646. The van der Waals surface area contributed by atoms with E-state index in [1.54, 1.807) is 18.3 Å². The van der Waals surface area contributed by atoms with Gasteiger partial charge in [-0.2, -0.15) is 0 Å². The Hall–Kier alpha value is -2.60. The van der Waals surface area contributed by atoms with E-state index in [1.807, 2.05) is 50.5 Å². The highest BCUT2D eigenvalue weighted by molar-refractivity contribution is 5.82. The van der Waals surface area contributed by atoms with E-state index in [2.05, 4.69) is 14.7 Å². The van der Waals surface area contributed by atoms with Crippen LogP contribution in [0.15, 0.2) is 53.5 Å². The van der Waals surface area contributed by atoms with Gasteiger partial charge in [0.2, 0.25) is 0 Å². The second kappa shape index (κ2) is 5.83. The lowest BCUT2D eigenvalue weighted by Crippen LogP contribution is -2.07. The fourth-order valence-corrected chi connectivity index (χ4v) is 1.62. The summed E-state index contributed by atoms with van der Waals surface area (Å²) in [4.78, 5) is 9.82. The number of anilines is 1. The minimum Gasteiger partial charge on any atom is -0.378 e. The van der Waals surface area contributed by atoms with Gasteiger partial charge in [-0.15, -0.1) is 0 Å². The van der Waals surface area contributed by atoms with Crippen LogP contribution >= 0.6 is 0 Å². The van der Waals surface area contributed by atoms with Gasteiger partial charge in [-0.1, -0.05) is 24.3 Å². The zero-order valence-electron chi connectivity index (χ0n) is 11.0. The Bertz CT molecular complexity index is 602. The largest absolute Gasteiger partial charge is 0.378 e. The number of hydrogen-bond acceptors (Lipinski definition) is 2. The second-order valence-corrected chi connectivity index (χ2v) is 4.37. The number of nitrogens with zero attached hydrogens (tertiary/aromatic N) is 3. The molecule has 0 saturated carbocycles. The molecular weight excluding hydrogens is 234 g/mol. The van der Waals surface area contributed by atoms with Crippen molar-refractivity contribution in [2.45, 2.75) is 0 Å². The van der Waals surface area contributed by atoms with Gasteiger partial charge in [-0.25, -0.2) is 4.85 Å². The van der Waals surface area contributed by atoms with Crippen molar-refractivity contribution in [1.82, 2.24) is 0 Å². The highest BCUT2D eigenvalue weighted by Crippen LogP contribution is 2.18. The van der Waals surface area contributed by atoms with Crippen LogP contribution in [-0.2, 0) is 0 Å². The Morgan fingerprint density at radius 1 is 1.00 bits per heavy atom. The third kappa shape index (κ3) is 3.43. The molecule has 0 fully saturated rings. The number of rotatable bonds is 3. The van der Waals surface area contributed by atoms with Gasteiger partial charge in [0, 0.05) is 26.0 Å². The Balaban J connectivity index is 2.11. The van der Waals surface area contributed by atoms with Gasteiger partial charge in [0.15, 0.2) is 5.69 Å². The monoisotopic (exact) mass is 249 g/mol. The summed E-state index contributed by atoms with van der Waals surface area (Å²) in [5, 5.41) is 0. The standard InChI is InChI=1S/C16H15N3/c1-17-14-6-4-13(5-7-14)12-18-15-8-10-16(11-9-15)19(2)3/h4-12H,2-3H3. The maximum absolute atomic E-state index is 6.89. The Labute approximate surface area is 113 Å². The first-order valence-electron chi connectivity index (χ1n) is 5.98. The lowest BCUT2D eigenvalue weighted by atomic mass is 10.2. The normalized spacial score (nSPS) is 10.4. The van der Waals surface area contributed by atoms with Crippen LogP contribution in [0.25, 0.3) is 4.85 Å². The third-order valence-electron chi connectivity index (χ3n) is 2.75. The summed E-state index contributed by atoms with van der Waals surface area (Å²) in [5.74, 6) is 0. The number of benzene rings is 2. The molecule has 0 heterocycles. The van der Waals surface area contributed by atoms with Gasteiger partial charge in [-0.05, 0) is 29.8 Å². The van der Waals surface area contributed by atoms with Crippen LogP contribution in [0.2, 0.25) is 0 Å². The van der Waals surface area contributed by atoms with E-state index in [0.29, 0.717) is 5.69 Å². The predicted molar refractivity (Wildman–Crippen MR) is 80.7 cm³/mol. The van der Waals surface area contributed by atoms with Crippen molar-refractivity contribution in [1.29, 1.82) is 0 Å². The van der Waals surface area contributed by atoms with E-state index < -0.39 is 0 Å². The minimum atomic E-state index is 0.646. The molecule has 0 aromatic heterocycles. The molecule has 0 aliphatic carbocycles. The van der Waals surface area contributed by atoms with Crippen molar-refractivity contribution in [3.05, 3.63) is 65.5 Å². The molecule has 0 amide bonds. The first-order valence-corrected chi connectivity index (χ1v) is 5.98. The van der Waals surface area contributed by atoms with Crippen molar-refractivity contribution in [2.24, 2.45) is 4.99 Å². The summed E-state index contributed by atoms with van der Waals surface area (Å²) >= 11 is 0. The molecule has 19 heavy (non-hydrogen) atoms. The average Bonchev–Trinajstić information content (AvgIpc) is 2.46. The summed E-state index contributed by atoms with van der Waals surface area (Å²) in [6.45, 7) is 6.89. The molecule has 3 heteroatoms. The van der Waals surface area contributed by atoms with Crippen molar-refractivity contribution in [3.63, 3.8) is 0 Å². The molecule has 0 radical (unpaired) electrons. The average molecular weight is 249 g/mol. The van der Waals surface area contributed by atoms with E-state index in [9.17, 15) is 0 Å². The van der Waals surface area contributed by atoms with E-state index in [-0.39, 0.29) is 0 Å². The van der Waals surface area contributed by atoms with Gasteiger partial charge in [0.1, 0.15) is 0 Å². The van der Waals surface area contributed by atoms with Gasteiger partial charge < -0.3 is 4.90 Å². The highest BCUT2D eigenvalue weighted by atomic mass is 15.1. The molecule has 94 valence electrons.